The molecule has 1 aromatic carbocycles. The average Bonchev–Trinajstić information content (AvgIpc) is 3.26. The van der Waals surface area contributed by atoms with Gasteiger partial charge < -0.3 is 14.5 Å². The van der Waals surface area contributed by atoms with Gasteiger partial charge in [0.05, 0.1) is 40.8 Å². The van der Waals surface area contributed by atoms with Crippen LogP contribution in [0.25, 0.3) is 0 Å². The molecule has 0 bridgehead atoms. The van der Waals surface area contributed by atoms with E-state index in [1.165, 1.54) is 24.5 Å². The number of rotatable bonds is 4. The molecule has 1 aromatic heterocycles. The highest BCUT2D eigenvalue weighted by atomic mass is 35.5. The Kier molecular flexibility index (Phi) is 6.09. The van der Waals surface area contributed by atoms with Gasteiger partial charge in [0, 0.05) is 19.6 Å². The molecule has 3 heterocycles. The largest absolute Gasteiger partial charge is 0.378 e. The number of nitrogens with zero attached hydrogens (tertiary/aromatic N) is 5. The van der Waals surface area contributed by atoms with Crippen LogP contribution in [0, 0.1) is 11.3 Å². The van der Waals surface area contributed by atoms with E-state index in [-0.39, 0.29) is 34.5 Å². The van der Waals surface area contributed by atoms with Crippen molar-refractivity contribution in [3.05, 3.63) is 47.4 Å². The van der Waals surface area contributed by atoms with Crippen LogP contribution in [0.5, 0.6) is 0 Å². The molecular formula is C20H20ClN5O4S. The third-order valence-electron chi connectivity index (χ3n) is 5.48. The summed E-state index contributed by atoms with van der Waals surface area (Å²) >= 11 is 6.16. The number of carbonyl (C=O) groups is 1. The highest BCUT2D eigenvalue weighted by Crippen LogP contribution is 2.34. The molecule has 2 atom stereocenters. The van der Waals surface area contributed by atoms with Crippen molar-refractivity contribution < 1.29 is 17.9 Å². The number of morpholine rings is 1. The van der Waals surface area contributed by atoms with Crippen molar-refractivity contribution in [2.24, 2.45) is 0 Å². The molecule has 2 saturated heterocycles. The van der Waals surface area contributed by atoms with E-state index in [1.54, 1.807) is 21.9 Å². The summed E-state index contributed by atoms with van der Waals surface area (Å²) in [4.78, 5) is 24.9. The Morgan fingerprint density at radius 2 is 1.97 bits per heavy atom. The van der Waals surface area contributed by atoms with E-state index in [0.29, 0.717) is 32.1 Å². The smallest absolute Gasteiger partial charge is 0.245 e. The van der Waals surface area contributed by atoms with E-state index in [9.17, 15) is 18.5 Å². The Labute approximate surface area is 185 Å². The number of aromatic nitrogens is 2. The zero-order chi connectivity index (χ0) is 22.0. The number of amides is 1. The molecule has 2 fully saturated rings. The van der Waals surface area contributed by atoms with Gasteiger partial charge in [-0.1, -0.05) is 23.7 Å². The number of anilines is 1. The van der Waals surface area contributed by atoms with Gasteiger partial charge in [0.15, 0.2) is 15.5 Å². The maximum atomic E-state index is 13.4. The van der Waals surface area contributed by atoms with E-state index in [2.05, 4.69) is 9.97 Å². The van der Waals surface area contributed by atoms with Crippen LogP contribution >= 0.6 is 11.6 Å². The summed E-state index contributed by atoms with van der Waals surface area (Å²) in [5, 5.41) is 8.45. The van der Waals surface area contributed by atoms with Crippen LogP contribution in [0.2, 0.25) is 5.02 Å². The van der Waals surface area contributed by atoms with Crippen molar-refractivity contribution in [2.45, 2.75) is 22.6 Å². The molecule has 11 heteroatoms. The number of halogens is 1. The second-order valence-corrected chi connectivity index (χ2v) is 9.92. The first-order valence-electron chi connectivity index (χ1n) is 9.75. The minimum Gasteiger partial charge on any atom is -0.378 e. The summed E-state index contributed by atoms with van der Waals surface area (Å²) in [6.07, 6.45) is 2.84. The molecule has 0 saturated carbocycles. The number of nitriles is 1. The van der Waals surface area contributed by atoms with Crippen molar-refractivity contribution >= 4 is 33.2 Å². The number of ether oxygens (including phenoxy) is 1. The molecular weight excluding hydrogens is 442 g/mol. The van der Waals surface area contributed by atoms with E-state index in [1.807, 2.05) is 6.07 Å². The highest BCUT2D eigenvalue weighted by Gasteiger charge is 2.45. The molecule has 0 aliphatic carbocycles. The summed E-state index contributed by atoms with van der Waals surface area (Å²) in [5.41, 5.74) is 0.0903. The van der Waals surface area contributed by atoms with Gasteiger partial charge in [-0.3, -0.25) is 9.78 Å². The van der Waals surface area contributed by atoms with Crippen LogP contribution in [-0.4, -0.2) is 73.3 Å². The summed E-state index contributed by atoms with van der Waals surface area (Å²) in [5.74, 6) is 0.104. The van der Waals surface area contributed by atoms with Crippen molar-refractivity contribution in [3.63, 3.8) is 0 Å². The third kappa shape index (κ3) is 4.21. The normalized spacial score (nSPS) is 21.7. The molecule has 9 nitrogen and oxygen atoms in total. The van der Waals surface area contributed by atoms with Crippen LogP contribution in [0.4, 0.5) is 5.82 Å². The van der Waals surface area contributed by atoms with Crippen molar-refractivity contribution in [1.29, 1.82) is 5.26 Å². The van der Waals surface area contributed by atoms with Gasteiger partial charge in [-0.15, -0.1) is 0 Å². The summed E-state index contributed by atoms with van der Waals surface area (Å²) in [6.45, 7) is 1.79. The maximum Gasteiger partial charge on any atom is 0.245 e. The lowest BCUT2D eigenvalue weighted by molar-refractivity contribution is -0.136. The van der Waals surface area contributed by atoms with Gasteiger partial charge in [-0.05, 0) is 18.6 Å². The Hall–Kier alpha value is -2.74. The molecule has 162 valence electrons. The fourth-order valence-corrected chi connectivity index (χ4v) is 6.13. The molecule has 0 unspecified atom stereocenters. The molecule has 2 aromatic rings. The first-order valence-corrected chi connectivity index (χ1v) is 11.7. The van der Waals surface area contributed by atoms with E-state index in [4.69, 9.17) is 16.3 Å². The standard InChI is InChI=1S/C20H20ClN5O4S/c21-16-3-1-2-4-18(16)31(28,29)15-9-17(20(27)25-5-7-30-8-6-25)26(13-15)19-12-23-11-14(10-22)24-19/h1-4,11-12,15,17H,5-9,13H2/t15-,17+/m0/s1. The van der Waals surface area contributed by atoms with Crippen LogP contribution in [0.1, 0.15) is 12.1 Å². The lowest BCUT2D eigenvalue weighted by Crippen LogP contribution is -2.50. The second kappa shape index (κ2) is 8.78. The molecule has 0 spiro atoms. The monoisotopic (exact) mass is 461 g/mol. The molecule has 1 amide bonds. The van der Waals surface area contributed by atoms with Crippen LogP contribution in [0.3, 0.4) is 0 Å². The maximum absolute atomic E-state index is 13.4. The summed E-state index contributed by atoms with van der Waals surface area (Å²) in [7, 11) is -3.81. The minimum absolute atomic E-state index is 0.0395. The summed E-state index contributed by atoms with van der Waals surface area (Å²) in [6, 6.07) is 7.45. The Bertz CT molecular complexity index is 1130. The fraction of sp³-hybridized carbons (Fsp3) is 0.400. The first-order chi connectivity index (χ1) is 14.9. The van der Waals surface area contributed by atoms with Crippen molar-refractivity contribution in [1.82, 2.24) is 14.9 Å². The fourth-order valence-electron chi connectivity index (χ4n) is 3.91. The van der Waals surface area contributed by atoms with Crippen LogP contribution in [-0.2, 0) is 19.4 Å². The Morgan fingerprint density at radius 3 is 2.68 bits per heavy atom. The van der Waals surface area contributed by atoms with E-state index in [0.717, 1.165) is 0 Å². The van der Waals surface area contributed by atoms with Crippen LogP contribution in [0.15, 0.2) is 41.6 Å². The van der Waals surface area contributed by atoms with Gasteiger partial charge in [-0.25, -0.2) is 13.4 Å². The topological polar surface area (TPSA) is 116 Å². The second-order valence-electron chi connectivity index (χ2n) is 7.31. The Balaban J connectivity index is 1.70. The number of benzene rings is 1. The van der Waals surface area contributed by atoms with E-state index < -0.39 is 21.1 Å². The quantitative estimate of drug-likeness (QED) is 0.668. The van der Waals surface area contributed by atoms with E-state index >= 15 is 0 Å². The first kappa shape index (κ1) is 21.5. The van der Waals surface area contributed by atoms with Gasteiger partial charge >= 0.3 is 0 Å². The summed E-state index contributed by atoms with van der Waals surface area (Å²) < 4.78 is 32.0. The van der Waals surface area contributed by atoms with Crippen LogP contribution < -0.4 is 4.90 Å². The highest BCUT2D eigenvalue weighted by molar-refractivity contribution is 7.92. The van der Waals surface area contributed by atoms with Crippen molar-refractivity contribution in [3.8, 4) is 6.07 Å². The van der Waals surface area contributed by atoms with Crippen molar-refractivity contribution in [2.75, 3.05) is 37.7 Å². The predicted octanol–water partition coefficient (Wildman–Crippen LogP) is 1.28. The predicted molar refractivity (Wildman–Crippen MR) is 112 cm³/mol. The molecule has 2 aliphatic rings. The zero-order valence-electron chi connectivity index (χ0n) is 16.5. The van der Waals surface area contributed by atoms with Gasteiger partial charge in [0.25, 0.3) is 0 Å². The van der Waals surface area contributed by atoms with Gasteiger partial charge in [0.2, 0.25) is 5.91 Å². The molecule has 2 aliphatic heterocycles. The number of sulfone groups is 1. The number of hydrogen-bond acceptors (Lipinski definition) is 8. The van der Waals surface area contributed by atoms with Gasteiger partial charge in [-0.2, -0.15) is 5.26 Å². The minimum atomic E-state index is -3.81. The molecule has 4 rings (SSSR count). The Morgan fingerprint density at radius 1 is 1.23 bits per heavy atom. The SMILES string of the molecule is N#Cc1cncc(N2C[C@@H](S(=O)(=O)c3ccccc3Cl)C[C@@H]2C(=O)N2CCOCC2)n1. The molecule has 31 heavy (non-hydrogen) atoms. The average molecular weight is 462 g/mol. The zero-order valence-corrected chi connectivity index (χ0v) is 18.1. The molecule has 0 radical (unpaired) electrons. The number of hydrogen-bond donors (Lipinski definition) is 0. The molecule has 0 N–H and O–H groups in total. The number of carbonyl (C=O) groups excluding carboxylic acids is 1. The van der Waals surface area contributed by atoms with Gasteiger partial charge in [0.1, 0.15) is 17.9 Å². The third-order valence-corrected chi connectivity index (χ3v) is 8.11. The lowest BCUT2D eigenvalue weighted by Gasteiger charge is -2.32. The lowest BCUT2D eigenvalue weighted by atomic mass is 10.2.